The summed E-state index contributed by atoms with van der Waals surface area (Å²) in [5.41, 5.74) is 11.6. The van der Waals surface area contributed by atoms with Crippen molar-refractivity contribution in [3.05, 3.63) is 30.0 Å². The zero-order valence-corrected chi connectivity index (χ0v) is 6.20. The average Bonchev–Trinajstić information content (AvgIpc) is 2.01. The molecule has 1 aromatic rings. The molecule has 0 radical (unpaired) electrons. The molecule has 1 rings (SSSR count). The number of anilines is 1. The molecule has 0 spiro atoms. The van der Waals surface area contributed by atoms with Gasteiger partial charge in [0, 0.05) is 6.54 Å². The third-order valence-electron chi connectivity index (χ3n) is 1.22. The first-order valence-corrected chi connectivity index (χ1v) is 3.42. The van der Waals surface area contributed by atoms with Crippen molar-refractivity contribution in [2.45, 2.75) is 0 Å². The van der Waals surface area contributed by atoms with Crippen LogP contribution in [0.2, 0.25) is 0 Å². The molecule has 4 N–H and O–H groups in total. The van der Waals surface area contributed by atoms with E-state index in [9.17, 15) is 0 Å². The summed E-state index contributed by atoms with van der Waals surface area (Å²) in [6, 6.07) is 5.49. The van der Waals surface area contributed by atoms with Gasteiger partial charge < -0.3 is 11.5 Å². The summed E-state index contributed by atoms with van der Waals surface area (Å²) in [5.74, 6) is 0.532. The van der Waals surface area contributed by atoms with Crippen molar-refractivity contribution in [2.24, 2.45) is 5.73 Å². The Morgan fingerprint density at radius 2 is 2.27 bits per heavy atom. The second-order valence-corrected chi connectivity index (χ2v) is 2.13. The predicted octanol–water partition coefficient (Wildman–Crippen LogP) is 0.636. The van der Waals surface area contributed by atoms with E-state index in [4.69, 9.17) is 11.5 Å². The van der Waals surface area contributed by atoms with E-state index in [1.54, 1.807) is 6.07 Å². The van der Waals surface area contributed by atoms with Crippen LogP contribution < -0.4 is 11.5 Å². The van der Waals surface area contributed by atoms with Crippen LogP contribution in [0, 0.1) is 0 Å². The van der Waals surface area contributed by atoms with E-state index in [0.717, 1.165) is 5.69 Å². The minimum absolute atomic E-state index is 0.524. The molecule has 11 heavy (non-hydrogen) atoms. The Labute approximate surface area is 65.7 Å². The van der Waals surface area contributed by atoms with E-state index >= 15 is 0 Å². The normalized spacial score (nSPS) is 10.6. The maximum Gasteiger partial charge on any atom is 0.124 e. The first kappa shape index (κ1) is 7.75. The van der Waals surface area contributed by atoms with Gasteiger partial charge in [-0.15, -0.1) is 0 Å². The first-order valence-electron chi connectivity index (χ1n) is 3.42. The highest BCUT2D eigenvalue weighted by atomic mass is 14.8. The second kappa shape index (κ2) is 3.73. The van der Waals surface area contributed by atoms with Crippen LogP contribution in [0.5, 0.6) is 0 Å². The maximum absolute atomic E-state index is 5.45. The lowest BCUT2D eigenvalue weighted by Gasteiger charge is -1.93. The fourth-order valence-corrected chi connectivity index (χ4v) is 0.751. The SMILES string of the molecule is NCC=Cc1cccc(N)n1. The zero-order chi connectivity index (χ0) is 8.10. The molecule has 0 aliphatic heterocycles. The van der Waals surface area contributed by atoms with Crippen molar-refractivity contribution in [1.82, 2.24) is 4.98 Å². The number of hydrogen-bond acceptors (Lipinski definition) is 3. The standard InChI is InChI=1S/C8H11N3/c9-6-2-4-7-3-1-5-8(10)11-7/h1-5H,6,9H2,(H2,10,11). The van der Waals surface area contributed by atoms with Gasteiger partial charge in [0.05, 0.1) is 5.69 Å². The van der Waals surface area contributed by atoms with Gasteiger partial charge in [-0.1, -0.05) is 12.1 Å². The Morgan fingerprint density at radius 1 is 1.45 bits per heavy atom. The van der Waals surface area contributed by atoms with E-state index in [2.05, 4.69) is 4.98 Å². The lowest BCUT2D eigenvalue weighted by atomic mass is 10.3. The summed E-state index contributed by atoms with van der Waals surface area (Å²) < 4.78 is 0. The van der Waals surface area contributed by atoms with E-state index in [1.165, 1.54) is 0 Å². The van der Waals surface area contributed by atoms with Gasteiger partial charge >= 0.3 is 0 Å². The van der Waals surface area contributed by atoms with E-state index in [-0.39, 0.29) is 0 Å². The van der Waals surface area contributed by atoms with E-state index < -0.39 is 0 Å². The van der Waals surface area contributed by atoms with Crippen molar-refractivity contribution in [1.29, 1.82) is 0 Å². The summed E-state index contributed by atoms with van der Waals surface area (Å²) >= 11 is 0. The van der Waals surface area contributed by atoms with Crippen LogP contribution in [0.1, 0.15) is 5.69 Å². The summed E-state index contributed by atoms with van der Waals surface area (Å²) in [7, 11) is 0. The molecule has 0 unspecified atom stereocenters. The number of nitrogens with zero attached hydrogens (tertiary/aromatic N) is 1. The van der Waals surface area contributed by atoms with Crippen LogP contribution >= 0.6 is 0 Å². The molecule has 0 aromatic carbocycles. The van der Waals surface area contributed by atoms with Crippen LogP contribution in [-0.2, 0) is 0 Å². The van der Waals surface area contributed by atoms with E-state index in [1.807, 2.05) is 24.3 Å². The van der Waals surface area contributed by atoms with Gasteiger partial charge in [-0.05, 0) is 18.2 Å². The molecule has 0 atom stereocenters. The quantitative estimate of drug-likeness (QED) is 0.648. The predicted molar refractivity (Wildman–Crippen MR) is 46.7 cm³/mol. The van der Waals surface area contributed by atoms with Crippen LogP contribution in [0.25, 0.3) is 6.08 Å². The molecule has 0 saturated heterocycles. The zero-order valence-electron chi connectivity index (χ0n) is 6.20. The molecule has 0 fully saturated rings. The molecular formula is C8H11N3. The molecular weight excluding hydrogens is 138 g/mol. The van der Waals surface area contributed by atoms with Crippen molar-refractivity contribution >= 4 is 11.9 Å². The topological polar surface area (TPSA) is 64.9 Å². The molecule has 58 valence electrons. The smallest absolute Gasteiger partial charge is 0.124 e. The highest BCUT2D eigenvalue weighted by Gasteiger charge is 1.87. The van der Waals surface area contributed by atoms with Crippen LogP contribution in [0.4, 0.5) is 5.82 Å². The van der Waals surface area contributed by atoms with Crippen LogP contribution in [-0.4, -0.2) is 11.5 Å². The minimum Gasteiger partial charge on any atom is -0.384 e. The summed E-state index contributed by atoms with van der Waals surface area (Å²) in [6.07, 6.45) is 3.68. The van der Waals surface area contributed by atoms with Crippen LogP contribution in [0.15, 0.2) is 24.3 Å². The molecule has 3 nitrogen and oxygen atoms in total. The Bertz CT molecular complexity index is 255. The molecule has 0 amide bonds. The third kappa shape index (κ3) is 2.39. The Hall–Kier alpha value is -1.35. The van der Waals surface area contributed by atoms with Gasteiger partial charge in [0.25, 0.3) is 0 Å². The lowest BCUT2D eigenvalue weighted by molar-refractivity contribution is 1.25. The van der Waals surface area contributed by atoms with Crippen molar-refractivity contribution < 1.29 is 0 Å². The number of aromatic nitrogens is 1. The number of nitrogen functional groups attached to an aromatic ring is 1. The van der Waals surface area contributed by atoms with Gasteiger partial charge in [0.15, 0.2) is 0 Å². The fourth-order valence-electron chi connectivity index (χ4n) is 0.751. The lowest BCUT2D eigenvalue weighted by Crippen LogP contribution is -1.93. The summed E-state index contributed by atoms with van der Waals surface area (Å²) in [5, 5.41) is 0. The highest BCUT2D eigenvalue weighted by Crippen LogP contribution is 2.01. The largest absolute Gasteiger partial charge is 0.384 e. The van der Waals surface area contributed by atoms with Gasteiger partial charge in [0.2, 0.25) is 0 Å². The molecule has 3 heteroatoms. The summed E-state index contributed by atoms with van der Waals surface area (Å²) in [6.45, 7) is 0.524. The van der Waals surface area contributed by atoms with Gasteiger partial charge in [0.1, 0.15) is 5.82 Å². The molecule has 0 aliphatic carbocycles. The fraction of sp³-hybridized carbons (Fsp3) is 0.125. The number of nitrogens with two attached hydrogens (primary N) is 2. The van der Waals surface area contributed by atoms with Gasteiger partial charge in [-0.3, -0.25) is 0 Å². The van der Waals surface area contributed by atoms with E-state index in [0.29, 0.717) is 12.4 Å². The van der Waals surface area contributed by atoms with Crippen molar-refractivity contribution in [3.8, 4) is 0 Å². The average molecular weight is 149 g/mol. The number of pyridine rings is 1. The summed E-state index contributed by atoms with van der Waals surface area (Å²) in [4.78, 5) is 4.05. The molecule has 1 heterocycles. The monoisotopic (exact) mass is 149 g/mol. The number of rotatable bonds is 2. The number of hydrogen-bond donors (Lipinski definition) is 2. The van der Waals surface area contributed by atoms with Gasteiger partial charge in [-0.25, -0.2) is 4.98 Å². The molecule has 0 bridgehead atoms. The second-order valence-electron chi connectivity index (χ2n) is 2.13. The van der Waals surface area contributed by atoms with Gasteiger partial charge in [-0.2, -0.15) is 0 Å². The highest BCUT2D eigenvalue weighted by molar-refractivity contribution is 5.47. The van der Waals surface area contributed by atoms with Crippen molar-refractivity contribution in [2.75, 3.05) is 12.3 Å². The Balaban J connectivity index is 2.79. The van der Waals surface area contributed by atoms with Crippen molar-refractivity contribution in [3.63, 3.8) is 0 Å². The first-order chi connectivity index (χ1) is 5.33. The molecule has 0 saturated carbocycles. The Morgan fingerprint density at radius 3 is 2.91 bits per heavy atom. The third-order valence-corrected chi connectivity index (χ3v) is 1.22. The van der Waals surface area contributed by atoms with Crippen LogP contribution in [0.3, 0.4) is 0 Å². The minimum atomic E-state index is 0.524. The Kier molecular flexibility index (Phi) is 2.63. The molecule has 1 aromatic heterocycles. The maximum atomic E-state index is 5.45. The molecule has 0 aliphatic rings.